The zero-order chi connectivity index (χ0) is 51.0. The molecule has 2 amide bonds. The third kappa shape index (κ3) is 12.2. The fraction of sp³-hybridized carbons (Fsp3) is 0.472. The number of benzene rings is 4. The molecule has 1 heterocycles. The molecule has 2 unspecified atom stereocenters. The summed E-state index contributed by atoms with van der Waals surface area (Å²) in [4.78, 5) is 27.3. The summed E-state index contributed by atoms with van der Waals surface area (Å²) in [5.74, 6) is -2.26. The first-order valence-corrected chi connectivity index (χ1v) is 24.3. The molecule has 2 fully saturated rings. The maximum atomic E-state index is 15.9. The highest BCUT2D eigenvalue weighted by atomic mass is 35.5. The molecule has 1 saturated carbocycles. The van der Waals surface area contributed by atoms with Crippen LogP contribution >= 0.6 is 34.8 Å². The lowest BCUT2D eigenvalue weighted by Gasteiger charge is -2.63. The summed E-state index contributed by atoms with van der Waals surface area (Å²) in [7, 11) is 0. The Hall–Kier alpha value is -5.03. The van der Waals surface area contributed by atoms with E-state index in [0.29, 0.717) is 53.9 Å². The molecule has 0 spiro atoms. The van der Waals surface area contributed by atoms with Crippen LogP contribution in [0.3, 0.4) is 0 Å². The van der Waals surface area contributed by atoms with Crippen LogP contribution < -0.4 is 25.4 Å². The molecule has 0 aromatic heterocycles. The SMILES string of the molecule is CC(C)(C)C[C@@H]1NC(C(=O)NCCOCCOCCOCCOc2ccc(C(=O)NC3C(C)(C)C(Oc4ccc(C#N)c(Cl)c4)C3(C)C)cc2)C(c2cccc(Cl)c2F)[C@@]1(C#N)c1ccc(Cl)cc1F. The van der Waals surface area contributed by atoms with Crippen LogP contribution in [-0.4, -0.2) is 88.8 Å². The third-order valence-corrected chi connectivity index (χ3v) is 13.9. The minimum absolute atomic E-state index is 0.00327. The van der Waals surface area contributed by atoms with E-state index < -0.39 is 51.8 Å². The number of rotatable bonds is 21. The Bertz CT molecular complexity index is 2570. The van der Waals surface area contributed by atoms with Crippen LogP contribution in [0.4, 0.5) is 8.78 Å². The Morgan fingerprint density at radius 1 is 0.786 bits per heavy atom. The van der Waals surface area contributed by atoms with Gasteiger partial charge in [-0.15, -0.1) is 0 Å². The summed E-state index contributed by atoms with van der Waals surface area (Å²) < 4.78 is 60.9. The first-order chi connectivity index (χ1) is 33.1. The van der Waals surface area contributed by atoms with Crippen molar-refractivity contribution in [3.8, 4) is 23.6 Å². The van der Waals surface area contributed by atoms with E-state index in [1.165, 1.54) is 24.3 Å². The molecule has 0 bridgehead atoms. The van der Waals surface area contributed by atoms with E-state index in [4.69, 9.17) is 58.5 Å². The Balaban J connectivity index is 0.889. The highest BCUT2D eigenvalue weighted by Crippen LogP contribution is 2.56. The molecule has 1 aliphatic carbocycles. The van der Waals surface area contributed by atoms with E-state index >= 15 is 8.78 Å². The third-order valence-electron chi connectivity index (χ3n) is 13.1. The van der Waals surface area contributed by atoms with E-state index in [1.807, 2.05) is 48.5 Å². The quantitative estimate of drug-likeness (QED) is 0.0685. The van der Waals surface area contributed by atoms with Crippen molar-refractivity contribution in [2.75, 3.05) is 52.8 Å². The van der Waals surface area contributed by atoms with Gasteiger partial charge in [-0.2, -0.15) is 10.5 Å². The molecule has 4 aromatic rings. The van der Waals surface area contributed by atoms with Crippen LogP contribution in [0, 0.1) is 50.5 Å². The zero-order valence-corrected chi connectivity index (χ0v) is 42.7. The minimum atomic E-state index is -1.73. The second-order valence-corrected chi connectivity index (χ2v) is 21.2. The van der Waals surface area contributed by atoms with E-state index in [-0.39, 0.29) is 77.6 Å². The number of ether oxygens (including phenoxy) is 5. The second kappa shape index (κ2) is 23.0. The van der Waals surface area contributed by atoms with Gasteiger partial charge in [0.25, 0.3) is 5.91 Å². The van der Waals surface area contributed by atoms with Crippen molar-refractivity contribution in [1.82, 2.24) is 16.0 Å². The van der Waals surface area contributed by atoms with Gasteiger partial charge >= 0.3 is 0 Å². The summed E-state index contributed by atoms with van der Waals surface area (Å²) in [5.41, 5.74) is -2.01. The van der Waals surface area contributed by atoms with Gasteiger partial charge in [-0.1, -0.05) is 101 Å². The van der Waals surface area contributed by atoms with Crippen LogP contribution in [0.15, 0.2) is 78.9 Å². The highest BCUT2D eigenvalue weighted by Gasteiger charge is 2.64. The summed E-state index contributed by atoms with van der Waals surface area (Å²) in [6.07, 6.45) is 0.130. The summed E-state index contributed by atoms with van der Waals surface area (Å²) in [6.45, 7) is 16.1. The van der Waals surface area contributed by atoms with Gasteiger partial charge in [0, 0.05) is 57.6 Å². The average Bonchev–Trinajstić information content (AvgIpc) is 3.62. The average molecular weight is 1020 g/mol. The van der Waals surface area contributed by atoms with E-state index in [2.05, 4.69) is 28.1 Å². The predicted molar refractivity (Wildman–Crippen MR) is 264 cm³/mol. The van der Waals surface area contributed by atoms with Crippen molar-refractivity contribution < 1.29 is 42.1 Å². The number of nitriles is 2. The van der Waals surface area contributed by atoms with Crippen LogP contribution in [-0.2, 0) is 24.4 Å². The van der Waals surface area contributed by atoms with Crippen molar-refractivity contribution in [1.29, 1.82) is 10.5 Å². The van der Waals surface area contributed by atoms with E-state index in [9.17, 15) is 20.1 Å². The van der Waals surface area contributed by atoms with Crippen molar-refractivity contribution in [3.05, 3.63) is 128 Å². The lowest BCUT2D eigenvalue weighted by atomic mass is 9.49. The number of carbonyl (C=O) groups excluding carboxylic acids is 2. The molecule has 1 aliphatic heterocycles. The monoisotopic (exact) mass is 1020 g/mol. The second-order valence-electron chi connectivity index (χ2n) is 20.0. The normalized spacial score (nSPS) is 22.3. The zero-order valence-electron chi connectivity index (χ0n) is 40.4. The highest BCUT2D eigenvalue weighted by molar-refractivity contribution is 6.32. The van der Waals surface area contributed by atoms with Gasteiger partial charge in [0.1, 0.15) is 47.3 Å². The van der Waals surface area contributed by atoms with Crippen LogP contribution in [0.2, 0.25) is 15.1 Å². The Morgan fingerprint density at radius 2 is 1.41 bits per heavy atom. The molecule has 4 atom stereocenters. The standard InChI is InChI=1S/C53H60Cl3F2N5O7/c1-50(2,3)29-42-53(31-60,38-18-14-34(54)27-41(38)57)43(37-9-8-10-39(55)44(37)58)45(62-42)47(65)61-19-20-66-21-22-67-23-24-68-25-26-69-35-15-11-32(12-16-35)46(64)63-48-51(4,5)49(52(48,6)7)70-36-17-13-33(30-59)40(56)28-36/h8-18,27-28,42-43,45,48-49,62H,19-26,29H2,1-7H3,(H,61,65)(H,63,64)/t42-,43?,45?,48?,49?,53-/m0/s1. The first-order valence-electron chi connectivity index (χ1n) is 23.1. The van der Waals surface area contributed by atoms with Crippen LogP contribution in [0.25, 0.3) is 0 Å². The summed E-state index contributed by atoms with van der Waals surface area (Å²) in [6, 6.07) is 22.6. The van der Waals surface area contributed by atoms with Gasteiger partial charge in [0.15, 0.2) is 0 Å². The summed E-state index contributed by atoms with van der Waals surface area (Å²) in [5, 5.41) is 29.8. The molecule has 12 nitrogen and oxygen atoms in total. The van der Waals surface area contributed by atoms with Crippen molar-refractivity contribution in [2.45, 2.75) is 90.4 Å². The molecule has 2 aliphatic rings. The maximum Gasteiger partial charge on any atom is 0.251 e. The van der Waals surface area contributed by atoms with Gasteiger partial charge in [0.05, 0.1) is 67.4 Å². The number of nitrogens with one attached hydrogen (secondary N) is 3. The topological polar surface area (TPSA) is 164 Å². The van der Waals surface area contributed by atoms with Gasteiger partial charge < -0.3 is 39.6 Å². The molecule has 70 heavy (non-hydrogen) atoms. The molecule has 6 rings (SSSR count). The number of halogens is 5. The fourth-order valence-corrected chi connectivity index (χ4v) is 10.7. The molecule has 17 heteroatoms. The van der Waals surface area contributed by atoms with Crippen molar-refractivity contribution >= 4 is 46.6 Å². The Morgan fingerprint density at radius 3 is 2.01 bits per heavy atom. The molecule has 0 radical (unpaired) electrons. The van der Waals surface area contributed by atoms with Crippen molar-refractivity contribution in [2.24, 2.45) is 16.2 Å². The van der Waals surface area contributed by atoms with Gasteiger partial charge in [-0.05, 0) is 72.0 Å². The number of hydrogen-bond acceptors (Lipinski definition) is 10. The first kappa shape index (κ1) is 54.3. The number of nitrogens with zero attached hydrogens (tertiary/aromatic N) is 2. The van der Waals surface area contributed by atoms with Gasteiger partial charge in [-0.25, -0.2) is 8.78 Å². The van der Waals surface area contributed by atoms with Crippen LogP contribution in [0.1, 0.15) is 87.9 Å². The molecular formula is C53H60Cl3F2N5O7. The fourth-order valence-electron chi connectivity index (χ4n) is 10.2. The van der Waals surface area contributed by atoms with E-state index in [1.54, 1.807) is 48.5 Å². The molecule has 4 aromatic carbocycles. The molecule has 374 valence electrons. The summed E-state index contributed by atoms with van der Waals surface area (Å²) >= 11 is 18.6. The number of carbonyl (C=O) groups is 2. The molecule has 3 N–H and O–H groups in total. The largest absolute Gasteiger partial charge is 0.491 e. The van der Waals surface area contributed by atoms with Crippen LogP contribution in [0.5, 0.6) is 11.5 Å². The Labute approximate surface area is 424 Å². The lowest BCUT2D eigenvalue weighted by molar-refractivity contribution is -0.164. The van der Waals surface area contributed by atoms with Gasteiger partial charge in [-0.3, -0.25) is 9.59 Å². The molecular weight excluding hydrogens is 963 g/mol. The van der Waals surface area contributed by atoms with Gasteiger partial charge in [0.2, 0.25) is 5.91 Å². The maximum absolute atomic E-state index is 15.9. The molecule has 1 saturated heterocycles. The Kier molecular flexibility index (Phi) is 17.9. The minimum Gasteiger partial charge on any atom is -0.491 e. The van der Waals surface area contributed by atoms with Crippen molar-refractivity contribution in [3.63, 3.8) is 0 Å². The smallest absolute Gasteiger partial charge is 0.251 e. The predicted octanol–water partition coefficient (Wildman–Crippen LogP) is 9.98. The van der Waals surface area contributed by atoms with E-state index in [0.717, 1.165) is 6.07 Å². The number of amides is 2. The number of hydrogen-bond donors (Lipinski definition) is 3. The lowest BCUT2D eigenvalue weighted by Crippen LogP contribution is -2.74.